The van der Waals surface area contributed by atoms with Crippen LogP contribution in [0.25, 0.3) is 0 Å². The van der Waals surface area contributed by atoms with Gasteiger partial charge >= 0.3 is 0 Å². The average Bonchev–Trinajstić information content (AvgIpc) is 3.34. The second kappa shape index (κ2) is 8.05. The highest BCUT2D eigenvalue weighted by Crippen LogP contribution is 2.49. The summed E-state index contributed by atoms with van der Waals surface area (Å²) in [6.45, 7) is 7.91. The molecule has 0 aliphatic carbocycles. The van der Waals surface area contributed by atoms with Crippen molar-refractivity contribution < 1.29 is 4.74 Å². The predicted octanol–water partition coefficient (Wildman–Crippen LogP) is 1.91. The summed E-state index contributed by atoms with van der Waals surface area (Å²) in [7, 11) is 0. The summed E-state index contributed by atoms with van der Waals surface area (Å²) in [6, 6.07) is 3.59. The molecule has 4 atom stereocenters. The molecule has 6 nitrogen and oxygen atoms in total. The van der Waals surface area contributed by atoms with Crippen LogP contribution in [0.2, 0.25) is 0 Å². The molecule has 4 aliphatic rings. The van der Waals surface area contributed by atoms with Crippen molar-refractivity contribution in [2.45, 2.75) is 38.3 Å². The number of anilines is 2. The number of rotatable bonds is 3. The molecular formula is C18H29Cl2N5O. The van der Waals surface area contributed by atoms with Gasteiger partial charge in [0.2, 0.25) is 5.95 Å². The maximum Gasteiger partial charge on any atom is 0.227 e. The molecule has 2 bridgehead atoms. The van der Waals surface area contributed by atoms with Crippen LogP contribution in [0, 0.1) is 11.8 Å². The van der Waals surface area contributed by atoms with Crippen LogP contribution in [0.15, 0.2) is 6.07 Å². The van der Waals surface area contributed by atoms with Crippen LogP contribution >= 0.6 is 24.8 Å². The van der Waals surface area contributed by atoms with Crippen LogP contribution < -0.4 is 15.1 Å². The topological polar surface area (TPSA) is 53.5 Å². The molecule has 0 spiro atoms. The Hall–Kier alpha value is -0.820. The largest absolute Gasteiger partial charge is 0.378 e. The first-order valence-corrected chi connectivity index (χ1v) is 9.55. The van der Waals surface area contributed by atoms with Crippen LogP contribution in [0.1, 0.15) is 25.5 Å². The van der Waals surface area contributed by atoms with E-state index >= 15 is 0 Å². The third-order valence-corrected chi connectivity index (χ3v) is 6.45. The van der Waals surface area contributed by atoms with Crippen LogP contribution in [0.5, 0.6) is 0 Å². The Morgan fingerprint density at radius 3 is 2.35 bits per heavy atom. The summed E-state index contributed by atoms with van der Waals surface area (Å²) in [4.78, 5) is 14.8. The molecule has 4 aliphatic heterocycles. The SMILES string of the molecule is CCc1cc(N2[C@@H]3CC[C@H]2[C@H]2CNC[C@H]23)nc(N2CCOCC2)n1.Cl.Cl. The highest BCUT2D eigenvalue weighted by Gasteiger charge is 2.55. The lowest BCUT2D eigenvalue weighted by Gasteiger charge is -2.30. The molecule has 1 aromatic heterocycles. The van der Waals surface area contributed by atoms with Gasteiger partial charge in [0.15, 0.2) is 0 Å². The second-order valence-corrected chi connectivity index (χ2v) is 7.58. The quantitative estimate of drug-likeness (QED) is 0.834. The maximum atomic E-state index is 5.49. The van der Waals surface area contributed by atoms with Crippen molar-refractivity contribution in [3.63, 3.8) is 0 Å². The number of fused-ring (bicyclic) bond motifs is 5. The zero-order valence-corrected chi connectivity index (χ0v) is 16.9. The van der Waals surface area contributed by atoms with E-state index in [1.54, 1.807) is 0 Å². The van der Waals surface area contributed by atoms with E-state index in [1.807, 2.05) is 0 Å². The minimum Gasteiger partial charge on any atom is -0.378 e. The molecule has 0 aromatic carbocycles. The predicted molar refractivity (Wildman–Crippen MR) is 108 cm³/mol. The first kappa shape index (κ1) is 19.9. The first-order valence-electron chi connectivity index (χ1n) is 9.55. The molecular weight excluding hydrogens is 373 g/mol. The van der Waals surface area contributed by atoms with Gasteiger partial charge in [0.1, 0.15) is 5.82 Å². The van der Waals surface area contributed by atoms with Gasteiger partial charge in [-0.2, -0.15) is 4.98 Å². The molecule has 5 heterocycles. The maximum absolute atomic E-state index is 5.49. The summed E-state index contributed by atoms with van der Waals surface area (Å²) < 4.78 is 5.49. The van der Waals surface area contributed by atoms with Crippen molar-refractivity contribution in [1.29, 1.82) is 0 Å². The van der Waals surface area contributed by atoms with Gasteiger partial charge < -0.3 is 19.9 Å². The molecule has 0 saturated carbocycles. The van der Waals surface area contributed by atoms with Crippen molar-refractivity contribution in [2.24, 2.45) is 11.8 Å². The van der Waals surface area contributed by atoms with Crippen molar-refractivity contribution in [1.82, 2.24) is 15.3 Å². The van der Waals surface area contributed by atoms with Crippen molar-refractivity contribution in [3.05, 3.63) is 11.8 Å². The van der Waals surface area contributed by atoms with Gasteiger partial charge in [0.05, 0.1) is 13.2 Å². The molecule has 8 heteroatoms. The monoisotopic (exact) mass is 401 g/mol. The minimum atomic E-state index is 0. The lowest BCUT2D eigenvalue weighted by atomic mass is 9.82. The smallest absolute Gasteiger partial charge is 0.227 e. The third kappa shape index (κ3) is 3.15. The number of ether oxygens (including phenoxy) is 1. The number of aromatic nitrogens is 2. The Kier molecular flexibility index (Phi) is 6.17. The van der Waals surface area contributed by atoms with E-state index in [-0.39, 0.29) is 24.8 Å². The van der Waals surface area contributed by atoms with Gasteiger partial charge in [-0.25, -0.2) is 4.98 Å². The summed E-state index contributed by atoms with van der Waals surface area (Å²) in [6.07, 6.45) is 3.61. The van der Waals surface area contributed by atoms with E-state index in [0.29, 0.717) is 12.1 Å². The molecule has 1 N–H and O–H groups in total. The molecule has 4 saturated heterocycles. The Morgan fingerprint density at radius 2 is 1.73 bits per heavy atom. The summed E-state index contributed by atoms with van der Waals surface area (Å²) in [5.74, 6) is 3.71. The summed E-state index contributed by atoms with van der Waals surface area (Å²) in [5.41, 5.74) is 1.16. The zero-order valence-electron chi connectivity index (χ0n) is 15.3. The van der Waals surface area contributed by atoms with Crippen molar-refractivity contribution in [2.75, 3.05) is 49.2 Å². The van der Waals surface area contributed by atoms with E-state index in [2.05, 4.69) is 28.1 Å². The number of hydrogen-bond acceptors (Lipinski definition) is 6. The van der Waals surface area contributed by atoms with Gasteiger partial charge in [-0.3, -0.25) is 0 Å². The van der Waals surface area contributed by atoms with Gasteiger partial charge in [0, 0.05) is 50.0 Å². The number of nitrogens with zero attached hydrogens (tertiary/aromatic N) is 4. The summed E-state index contributed by atoms with van der Waals surface area (Å²) >= 11 is 0. The molecule has 26 heavy (non-hydrogen) atoms. The fraction of sp³-hybridized carbons (Fsp3) is 0.778. The Bertz CT molecular complexity index is 610. The lowest BCUT2D eigenvalue weighted by Crippen LogP contribution is -2.39. The van der Waals surface area contributed by atoms with E-state index in [4.69, 9.17) is 14.7 Å². The van der Waals surface area contributed by atoms with Gasteiger partial charge in [-0.1, -0.05) is 6.92 Å². The minimum absolute atomic E-state index is 0. The van der Waals surface area contributed by atoms with Gasteiger partial charge in [0.25, 0.3) is 0 Å². The van der Waals surface area contributed by atoms with Gasteiger partial charge in [-0.15, -0.1) is 24.8 Å². The molecule has 4 fully saturated rings. The Morgan fingerprint density at radius 1 is 1.08 bits per heavy atom. The molecule has 1 aromatic rings. The zero-order chi connectivity index (χ0) is 16.1. The molecule has 0 unspecified atom stereocenters. The number of nitrogens with one attached hydrogen (secondary N) is 1. The number of morpholine rings is 1. The Balaban J connectivity index is 0.000000980. The van der Waals surface area contributed by atoms with Crippen LogP contribution in [0.3, 0.4) is 0 Å². The molecule has 5 rings (SSSR count). The normalized spacial score (nSPS) is 32.2. The van der Waals surface area contributed by atoms with Gasteiger partial charge in [-0.05, 0) is 31.1 Å². The molecule has 0 radical (unpaired) electrons. The second-order valence-electron chi connectivity index (χ2n) is 7.58. The number of halogens is 2. The van der Waals surface area contributed by atoms with E-state index in [9.17, 15) is 0 Å². The van der Waals surface area contributed by atoms with Crippen LogP contribution in [-0.4, -0.2) is 61.4 Å². The number of hydrogen-bond donors (Lipinski definition) is 1. The number of aryl methyl sites for hydroxylation is 1. The van der Waals surface area contributed by atoms with Crippen LogP contribution in [-0.2, 0) is 11.2 Å². The molecule has 0 amide bonds. The van der Waals surface area contributed by atoms with Crippen LogP contribution in [0.4, 0.5) is 11.8 Å². The lowest BCUT2D eigenvalue weighted by molar-refractivity contribution is 0.122. The van der Waals surface area contributed by atoms with Crippen molar-refractivity contribution in [3.8, 4) is 0 Å². The standard InChI is InChI=1S/C18H27N5O.2ClH/c1-2-12-9-17(21-18(20-12)22-5-7-24-8-6-22)23-15-3-4-16(23)14-11-19-10-13(14)15;;/h9,13-16,19H,2-8,10-11H2,1H3;2*1H/t13-,14+,15-,16+;;. The average molecular weight is 402 g/mol. The van der Waals surface area contributed by atoms with E-state index in [0.717, 1.165) is 56.2 Å². The third-order valence-electron chi connectivity index (χ3n) is 6.45. The fourth-order valence-electron chi connectivity index (χ4n) is 5.30. The summed E-state index contributed by atoms with van der Waals surface area (Å²) in [5, 5.41) is 3.60. The molecule has 146 valence electrons. The Labute approximate surface area is 167 Å². The fourth-order valence-corrected chi connectivity index (χ4v) is 5.30. The highest BCUT2D eigenvalue weighted by atomic mass is 35.5. The highest BCUT2D eigenvalue weighted by molar-refractivity contribution is 5.85. The van der Waals surface area contributed by atoms with E-state index in [1.165, 1.54) is 31.7 Å². The van der Waals surface area contributed by atoms with Crippen molar-refractivity contribution >= 4 is 36.6 Å². The first-order chi connectivity index (χ1) is 11.8. The van der Waals surface area contributed by atoms with E-state index < -0.39 is 0 Å².